The van der Waals surface area contributed by atoms with Crippen LogP contribution in [0.15, 0.2) is 95.6 Å². The van der Waals surface area contributed by atoms with E-state index in [0.717, 1.165) is 44.0 Å². The van der Waals surface area contributed by atoms with Gasteiger partial charge in [-0.3, -0.25) is 4.98 Å². The van der Waals surface area contributed by atoms with E-state index in [1.165, 1.54) is 6.07 Å². The Hall–Kier alpha value is -4.04. The highest BCUT2D eigenvalue weighted by atomic mass is 79.9. The largest absolute Gasteiger partial charge is 0.454 e. The monoisotopic (exact) mass is 590 g/mol. The van der Waals surface area contributed by atoms with Gasteiger partial charge in [0.2, 0.25) is 6.79 Å². The lowest BCUT2D eigenvalue weighted by Gasteiger charge is -2.17. The minimum absolute atomic E-state index is 0.0561. The van der Waals surface area contributed by atoms with E-state index in [1.54, 1.807) is 12.3 Å². The van der Waals surface area contributed by atoms with Gasteiger partial charge in [0.1, 0.15) is 0 Å². The molecule has 6 rings (SSSR count). The fourth-order valence-corrected chi connectivity index (χ4v) is 5.32. The molecule has 1 N–H and O–H groups in total. The third-order valence-corrected chi connectivity index (χ3v) is 7.43. The molecule has 1 aliphatic rings. The Kier molecular flexibility index (Phi) is 6.64. The number of anilines is 1. The summed E-state index contributed by atoms with van der Waals surface area (Å²) >= 11 is 3.59. The molecular weight excluding hydrogens is 569 g/mol. The van der Waals surface area contributed by atoms with E-state index in [4.69, 9.17) is 9.47 Å². The van der Waals surface area contributed by atoms with Crippen LogP contribution in [0.3, 0.4) is 0 Å². The van der Waals surface area contributed by atoms with Gasteiger partial charge in [0.15, 0.2) is 11.5 Å². The van der Waals surface area contributed by atoms with Gasteiger partial charge >= 0.3 is 6.18 Å². The molecular formula is C31H22BrF3N2O2. The zero-order valence-electron chi connectivity index (χ0n) is 20.6. The number of nitrogens with zero attached hydrogens (tertiary/aromatic N) is 1. The molecule has 0 bridgehead atoms. The molecule has 0 saturated carbocycles. The number of benzene rings is 4. The molecule has 2 heterocycles. The Balaban J connectivity index is 1.41. The number of alkyl halides is 3. The second-order valence-corrected chi connectivity index (χ2v) is 10.1. The molecule has 0 radical (unpaired) electrons. The summed E-state index contributed by atoms with van der Waals surface area (Å²) in [7, 11) is 0. The number of hydrogen-bond donors (Lipinski definition) is 1. The molecule has 0 fully saturated rings. The summed E-state index contributed by atoms with van der Waals surface area (Å²) in [5.41, 5.74) is 4.47. The Bertz CT molecular complexity index is 1670. The molecule has 1 aliphatic heterocycles. The van der Waals surface area contributed by atoms with Gasteiger partial charge in [-0.1, -0.05) is 70.5 Å². The third-order valence-electron chi connectivity index (χ3n) is 6.69. The van der Waals surface area contributed by atoms with Crippen LogP contribution in [0.4, 0.5) is 18.9 Å². The first-order valence-electron chi connectivity index (χ1n) is 12.3. The number of fused-ring (bicyclic) bond motifs is 2. The number of para-hydroxylation sites is 1. The molecule has 0 unspecified atom stereocenters. The molecule has 4 aromatic carbocycles. The van der Waals surface area contributed by atoms with Crippen molar-refractivity contribution >= 4 is 32.5 Å². The number of nitrogens with one attached hydrogen (secondary N) is 1. The quantitative estimate of drug-likeness (QED) is 0.215. The van der Waals surface area contributed by atoms with E-state index in [0.29, 0.717) is 29.9 Å². The molecule has 1 aromatic heterocycles. The van der Waals surface area contributed by atoms with Gasteiger partial charge in [0, 0.05) is 28.3 Å². The highest BCUT2D eigenvalue weighted by molar-refractivity contribution is 9.10. The van der Waals surface area contributed by atoms with Crippen molar-refractivity contribution in [2.45, 2.75) is 19.1 Å². The van der Waals surface area contributed by atoms with Gasteiger partial charge in [-0.15, -0.1) is 0 Å². The number of halogens is 4. The van der Waals surface area contributed by atoms with Gasteiger partial charge in [0.05, 0.1) is 11.1 Å². The molecule has 39 heavy (non-hydrogen) atoms. The fourth-order valence-electron chi connectivity index (χ4n) is 4.86. The second kappa shape index (κ2) is 10.3. The van der Waals surface area contributed by atoms with E-state index in [2.05, 4.69) is 26.2 Å². The Morgan fingerprint density at radius 3 is 2.41 bits per heavy atom. The molecule has 0 saturated heterocycles. The van der Waals surface area contributed by atoms with Crippen LogP contribution in [0.1, 0.15) is 22.3 Å². The van der Waals surface area contributed by atoms with Crippen LogP contribution in [0.2, 0.25) is 0 Å². The van der Waals surface area contributed by atoms with Crippen molar-refractivity contribution in [1.29, 1.82) is 0 Å². The van der Waals surface area contributed by atoms with Crippen LogP contribution in [0, 0.1) is 0 Å². The number of pyridine rings is 1. The SMILES string of the molecule is FC(F)(F)c1cccc2c(-c3cccc(NCc4cc5c(cc4Br)OCO5)c3)c(Cc3ccccc3)cnc12. The average Bonchev–Trinajstić information content (AvgIpc) is 3.38. The molecule has 0 spiro atoms. The van der Waals surface area contributed by atoms with Crippen molar-refractivity contribution in [2.75, 3.05) is 12.1 Å². The third kappa shape index (κ3) is 5.16. The minimum atomic E-state index is -4.51. The highest BCUT2D eigenvalue weighted by Gasteiger charge is 2.33. The fraction of sp³-hybridized carbons (Fsp3) is 0.129. The summed E-state index contributed by atoms with van der Waals surface area (Å²) in [6, 6.07) is 25.6. The minimum Gasteiger partial charge on any atom is -0.454 e. The number of ether oxygens (including phenoxy) is 2. The highest BCUT2D eigenvalue weighted by Crippen LogP contribution is 2.40. The molecule has 4 nitrogen and oxygen atoms in total. The van der Waals surface area contributed by atoms with Crippen LogP contribution < -0.4 is 14.8 Å². The maximum absolute atomic E-state index is 13.9. The lowest BCUT2D eigenvalue weighted by Crippen LogP contribution is -2.07. The van der Waals surface area contributed by atoms with Crippen molar-refractivity contribution in [3.05, 3.63) is 118 Å². The van der Waals surface area contributed by atoms with E-state index in [-0.39, 0.29) is 12.3 Å². The summed E-state index contributed by atoms with van der Waals surface area (Å²) in [5, 5.41) is 3.90. The molecule has 5 aromatic rings. The van der Waals surface area contributed by atoms with Gasteiger partial charge in [-0.2, -0.15) is 13.2 Å². The number of rotatable bonds is 6. The molecule has 0 amide bonds. The van der Waals surface area contributed by atoms with Crippen molar-refractivity contribution in [3.8, 4) is 22.6 Å². The molecule has 0 atom stereocenters. The van der Waals surface area contributed by atoms with Crippen molar-refractivity contribution in [1.82, 2.24) is 4.98 Å². The summed E-state index contributed by atoms with van der Waals surface area (Å²) in [6.45, 7) is 0.703. The smallest absolute Gasteiger partial charge is 0.418 e. The van der Waals surface area contributed by atoms with E-state index in [1.807, 2.05) is 66.7 Å². The first-order chi connectivity index (χ1) is 18.9. The Morgan fingerprint density at radius 2 is 1.62 bits per heavy atom. The molecule has 196 valence electrons. The lowest BCUT2D eigenvalue weighted by atomic mass is 9.91. The van der Waals surface area contributed by atoms with E-state index >= 15 is 0 Å². The zero-order valence-corrected chi connectivity index (χ0v) is 22.1. The predicted octanol–water partition coefficient (Wildman–Crippen LogP) is 8.61. The maximum Gasteiger partial charge on any atom is 0.418 e. The van der Waals surface area contributed by atoms with Gasteiger partial charge in [0.25, 0.3) is 0 Å². The normalized spacial score (nSPS) is 12.6. The van der Waals surface area contributed by atoms with Crippen LogP contribution >= 0.6 is 15.9 Å². The summed E-state index contributed by atoms with van der Waals surface area (Å²) in [5.74, 6) is 1.39. The lowest BCUT2D eigenvalue weighted by molar-refractivity contribution is -0.136. The van der Waals surface area contributed by atoms with E-state index < -0.39 is 11.7 Å². The summed E-state index contributed by atoms with van der Waals surface area (Å²) in [6.07, 6.45) is -2.40. The van der Waals surface area contributed by atoms with Gasteiger partial charge in [-0.05, 0) is 64.6 Å². The topological polar surface area (TPSA) is 43.4 Å². The average molecular weight is 591 g/mol. The van der Waals surface area contributed by atoms with Gasteiger partial charge in [-0.25, -0.2) is 0 Å². The van der Waals surface area contributed by atoms with Crippen LogP contribution in [0.5, 0.6) is 11.5 Å². The maximum atomic E-state index is 13.9. The van der Waals surface area contributed by atoms with Crippen molar-refractivity contribution in [3.63, 3.8) is 0 Å². The predicted molar refractivity (Wildman–Crippen MR) is 149 cm³/mol. The first kappa shape index (κ1) is 25.2. The summed E-state index contributed by atoms with van der Waals surface area (Å²) in [4.78, 5) is 4.30. The first-order valence-corrected chi connectivity index (χ1v) is 13.1. The Morgan fingerprint density at radius 1 is 0.846 bits per heavy atom. The zero-order chi connectivity index (χ0) is 27.0. The van der Waals surface area contributed by atoms with Crippen LogP contribution in [-0.4, -0.2) is 11.8 Å². The van der Waals surface area contributed by atoms with Crippen LogP contribution in [-0.2, 0) is 19.1 Å². The van der Waals surface area contributed by atoms with Crippen molar-refractivity contribution < 1.29 is 22.6 Å². The summed E-state index contributed by atoms with van der Waals surface area (Å²) < 4.78 is 53.4. The Labute approximate surface area is 231 Å². The van der Waals surface area contributed by atoms with E-state index in [9.17, 15) is 13.2 Å². The number of hydrogen-bond acceptors (Lipinski definition) is 4. The standard InChI is InChI=1S/C31H22BrF3N2O2/c32-26-15-28-27(38-18-39-28)14-21(26)16-36-23-9-4-8-20(13-23)29-22(12-19-6-2-1-3-7-19)17-37-30-24(29)10-5-11-25(30)31(33,34)35/h1-11,13-15,17,36H,12,16,18H2. The number of aromatic nitrogens is 1. The molecule has 0 aliphatic carbocycles. The molecule has 8 heteroatoms. The van der Waals surface area contributed by atoms with Crippen LogP contribution in [0.25, 0.3) is 22.0 Å². The van der Waals surface area contributed by atoms with Gasteiger partial charge < -0.3 is 14.8 Å². The van der Waals surface area contributed by atoms with Crippen molar-refractivity contribution in [2.24, 2.45) is 0 Å². The second-order valence-electron chi connectivity index (χ2n) is 9.25.